The Kier molecular flexibility index (Phi) is 3.94. The van der Waals surface area contributed by atoms with Crippen molar-refractivity contribution in [3.63, 3.8) is 0 Å². The van der Waals surface area contributed by atoms with Gasteiger partial charge >= 0.3 is 0 Å². The first-order valence-corrected chi connectivity index (χ1v) is 7.47. The highest BCUT2D eigenvalue weighted by molar-refractivity contribution is 6.42. The van der Waals surface area contributed by atoms with Crippen molar-refractivity contribution in [2.45, 2.75) is 20.1 Å². The lowest BCUT2D eigenvalue weighted by Gasteiger charge is -2.07. The van der Waals surface area contributed by atoms with E-state index in [2.05, 4.69) is 29.7 Å². The second-order valence-electron chi connectivity index (χ2n) is 5.21. The molecule has 0 aliphatic rings. The summed E-state index contributed by atoms with van der Waals surface area (Å²) < 4.78 is 2.12. The number of aromatic nitrogens is 1. The molecule has 2 aromatic carbocycles. The second-order valence-corrected chi connectivity index (χ2v) is 6.02. The summed E-state index contributed by atoms with van der Waals surface area (Å²) in [6.07, 6.45) is 1.99. The molecule has 0 saturated heterocycles. The van der Waals surface area contributed by atoms with E-state index in [1.807, 2.05) is 24.4 Å². The molecule has 1 heterocycles. The molecule has 0 spiro atoms. The minimum absolute atomic E-state index is 0.0360. The Morgan fingerprint density at radius 2 is 1.86 bits per heavy atom. The number of aliphatic hydroxyl groups is 1. The molecule has 4 heteroatoms. The summed E-state index contributed by atoms with van der Waals surface area (Å²) in [5.74, 6) is 0. The molecule has 0 fully saturated rings. The highest BCUT2D eigenvalue weighted by Crippen LogP contribution is 2.26. The Bertz CT molecular complexity index is 808. The fourth-order valence-electron chi connectivity index (χ4n) is 2.58. The summed E-state index contributed by atoms with van der Waals surface area (Å²) in [5, 5.41) is 11.7. The van der Waals surface area contributed by atoms with Crippen molar-refractivity contribution in [1.82, 2.24) is 4.57 Å². The van der Waals surface area contributed by atoms with E-state index in [1.165, 1.54) is 5.56 Å². The van der Waals surface area contributed by atoms with Gasteiger partial charge in [0, 0.05) is 29.2 Å². The first-order valence-electron chi connectivity index (χ1n) is 6.71. The average molecular weight is 320 g/mol. The summed E-state index contributed by atoms with van der Waals surface area (Å²) in [6, 6.07) is 11.9. The van der Waals surface area contributed by atoms with E-state index < -0.39 is 0 Å². The maximum absolute atomic E-state index is 9.53. The van der Waals surface area contributed by atoms with Gasteiger partial charge in [-0.05, 0) is 36.8 Å². The first-order chi connectivity index (χ1) is 10.1. The zero-order valence-electron chi connectivity index (χ0n) is 11.6. The molecule has 0 aliphatic heterocycles. The normalized spacial score (nSPS) is 11.2. The number of hydrogen-bond donors (Lipinski definition) is 1. The lowest BCUT2D eigenvalue weighted by atomic mass is 10.1. The van der Waals surface area contributed by atoms with Gasteiger partial charge in [0.25, 0.3) is 0 Å². The van der Waals surface area contributed by atoms with Crippen LogP contribution in [-0.4, -0.2) is 9.67 Å². The molecule has 21 heavy (non-hydrogen) atoms. The lowest BCUT2D eigenvalue weighted by Crippen LogP contribution is -1.98. The minimum atomic E-state index is 0.0360. The number of nitrogens with zero attached hydrogens (tertiary/aromatic N) is 1. The predicted molar refractivity (Wildman–Crippen MR) is 88.2 cm³/mol. The van der Waals surface area contributed by atoms with Gasteiger partial charge in [-0.2, -0.15) is 0 Å². The van der Waals surface area contributed by atoms with E-state index >= 15 is 0 Å². The molecule has 2 nitrogen and oxygen atoms in total. The number of hydrogen-bond acceptors (Lipinski definition) is 1. The smallest absolute Gasteiger partial charge is 0.0702 e. The van der Waals surface area contributed by atoms with E-state index in [4.69, 9.17) is 23.2 Å². The monoisotopic (exact) mass is 319 g/mol. The standard InChI is InChI=1S/C17H15Cl2NO/c1-11-2-5-17-14(6-11)13(10-21)9-20(17)8-12-3-4-15(18)16(19)7-12/h2-7,9,21H,8,10H2,1H3. The Labute approximate surface area is 133 Å². The van der Waals surface area contributed by atoms with Crippen molar-refractivity contribution < 1.29 is 5.11 Å². The Hall–Kier alpha value is -1.48. The quantitative estimate of drug-likeness (QED) is 0.737. The molecule has 108 valence electrons. The molecule has 0 amide bonds. The number of benzene rings is 2. The second kappa shape index (κ2) is 5.72. The molecule has 1 N–H and O–H groups in total. The van der Waals surface area contributed by atoms with Crippen LogP contribution in [0.3, 0.4) is 0 Å². The fourth-order valence-corrected chi connectivity index (χ4v) is 2.90. The number of fused-ring (bicyclic) bond motifs is 1. The molecule has 0 atom stereocenters. The zero-order valence-corrected chi connectivity index (χ0v) is 13.1. The van der Waals surface area contributed by atoms with Crippen LogP contribution >= 0.6 is 23.2 Å². The van der Waals surface area contributed by atoms with Gasteiger partial charge in [0.15, 0.2) is 0 Å². The molecule has 0 saturated carbocycles. The van der Waals surface area contributed by atoms with Gasteiger partial charge in [-0.1, -0.05) is 40.9 Å². The molecular weight excluding hydrogens is 305 g/mol. The molecular formula is C17H15Cl2NO. The highest BCUT2D eigenvalue weighted by atomic mass is 35.5. The van der Waals surface area contributed by atoms with Crippen LogP contribution in [0.5, 0.6) is 0 Å². The van der Waals surface area contributed by atoms with Gasteiger partial charge in [-0.3, -0.25) is 0 Å². The van der Waals surface area contributed by atoms with Crippen molar-refractivity contribution in [2.24, 2.45) is 0 Å². The van der Waals surface area contributed by atoms with Crippen LogP contribution in [0.4, 0.5) is 0 Å². The fraction of sp³-hybridized carbons (Fsp3) is 0.176. The van der Waals surface area contributed by atoms with E-state index in [1.54, 1.807) is 0 Å². The number of aryl methyl sites for hydroxylation is 1. The molecule has 1 aromatic heterocycles. The Morgan fingerprint density at radius 1 is 1.05 bits per heavy atom. The number of rotatable bonds is 3. The lowest BCUT2D eigenvalue weighted by molar-refractivity contribution is 0.283. The van der Waals surface area contributed by atoms with Crippen molar-refractivity contribution in [3.8, 4) is 0 Å². The van der Waals surface area contributed by atoms with Crippen LogP contribution in [0.15, 0.2) is 42.6 Å². The van der Waals surface area contributed by atoms with Gasteiger partial charge in [0.05, 0.1) is 16.7 Å². The van der Waals surface area contributed by atoms with E-state index in [-0.39, 0.29) is 6.61 Å². The molecule has 3 aromatic rings. The third-order valence-electron chi connectivity index (χ3n) is 3.63. The minimum Gasteiger partial charge on any atom is -0.392 e. The summed E-state index contributed by atoms with van der Waals surface area (Å²) in [6.45, 7) is 2.78. The Balaban J connectivity index is 2.06. The largest absolute Gasteiger partial charge is 0.392 e. The number of aliphatic hydroxyl groups excluding tert-OH is 1. The average Bonchev–Trinajstić information content (AvgIpc) is 2.80. The maximum atomic E-state index is 9.53. The summed E-state index contributed by atoms with van der Waals surface area (Å²) in [5.41, 5.74) is 4.31. The van der Waals surface area contributed by atoms with Crippen LogP contribution < -0.4 is 0 Å². The molecule has 0 bridgehead atoms. The predicted octanol–water partition coefficient (Wildman–Crippen LogP) is 4.80. The van der Waals surface area contributed by atoms with E-state index in [9.17, 15) is 5.11 Å². The van der Waals surface area contributed by atoms with E-state index in [0.29, 0.717) is 16.6 Å². The van der Waals surface area contributed by atoms with Crippen LogP contribution in [0, 0.1) is 6.92 Å². The summed E-state index contributed by atoms with van der Waals surface area (Å²) in [4.78, 5) is 0. The highest BCUT2D eigenvalue weighted by Gasteiger charge is 2.09. The van der Waals surface area contributed by atoms with Gasteiger partial charge < -0.3 is 9.67 Å². The van der Waals surface area contributed by atoms with Crippen LogP contribution in [-0.2, 0) is 13.2 Å². The van der Waals surface area contributed by atoms with Crippen molar-refractivity contribution in [3.05, 3.63) is 69.3 Å². The first kappa shape index (κ1) is 14.5. The molecule has 3 rings (SSSR count). The van der Waals surface area contributed by atoms with Gasteiger partial charge in [0.1, 0.15) is 0 Å². The summed E-state index contributed by atoms with van der Waals surface area (Å²) >= 11 is 12.0. The third kappa shape index (κ3) is 2.80. The van der Waals surface area contributed by atoms with Crippen molar-refractivity contribution in [1.29, 1.82) is 0 Å². The zero-order chi connectivity index (χ0) is 15.0. The van der Waals surface area contributed by atoms with Gasteiger partial charge in [-0.25, -0.2) is 0 Å². The van der Waals surface area contributed by atoms with Crippen molar-refractivity contribution in [2.75, 3.05) is 0 Å². The topological polar surface area (TPSA) is 25.2 Å². The van der Waals surface area contributed by atoms with Crippen molar-refractivity contribution >= 4 is 34.1 Å². The molecule has 0 aliphatic carbocycles. The van der Waals surface area contributed by atoms with Gasteiger partial charge in [0.2, 0.25) is 0 Å². The molecule has 0 radical (unpaired) electrons. The molecule has 0 unspecified atom stereocenters. The summed E-state index contributed by atoms with van der Waals surface area (Å²) in [7, 11) is 0. The van der Waals surface area contributed by atoms with Crippen LogP contribution in [0.1, 0.15) is 16.7 Å². The van der Waals surface area contributed by atoms with Gasteiger partial charge in [-0.15, -0.1) is 0 Å². The number of halogens is 2. The Morgan fingerprint density at radius 3 is 2.57 bits per heavy atom. The SMILES string of the molecule is Cc1ccc2c(c1)c(CO)cn2Cc1ccc(Cl)c(Cl)c1. The van der Waals surface area contributed by atoms with Crippen LogP contribution in [0.25, 0.3) is 10.9 Å². The third-order valence-corrected chi connectivity index (χ3v) is 4.37. The maximum Gasteiger partial charge on any atom is 0.0702 e. The van der Waals surface area contributed by atoms with E-state index in [0.717, 1.165) is 22.0 Å². The van der Waals surface area contributed by atoms with Crippen LogP contribution in [0.2, 0.25) is 10.0 Å².